The molecule has 0 aliphatic carbocycles. The van der Waals surface area contributed by atoms with Crippen LogP contribution in [0.25, 0.3) is 54.7 Å². The molecule has 0 saturated carbocycles. The normalized spacial score (nSPS) is 14.5. The van der Waals surface area contributed by atoms with E-state index in [2.05, 4.69) is 203 Å². The smallest absolute Gasteiger partial charge is 0.0910 e. The molecule has 0 N–H and O–H groups in total. The number of fused-ring (bicyclic) bond motifs is 6. The lowest BCUT2D eigenvalue weighted by Gasteiger charge is -2.39. The Bertz CT molecular complexity index is 2660. The van der Waals surface area contributed by atoms with Crippen molar-refractivity contribution in [2.45, 2.75) is 78.3 Å². The van der Waals surface area contributed by atoms with Gasteiger partial charge >= 0.3 is 0 Å². The first-order chi connectivity index (χ1) is 26.3. The number of aromatic nitrogens is 2. The molecular formula is C52H52N2. The van der Waals surface area contributed by atoms with Gasteiger partial charge in [-0.2, -0.15) is 0 Å². The standard InChI is InChI=1S/C52H52N2/c1-8-12-33-51(7,53-47-26-18-15-23-42(47)43-24-16-19-27-48(43)53)39-31-32-50-46(34-39)44-25-17-20-28-49(44)54(50)52(11-4,37(6)9-2)40-30-29-36(5)45(35-40)41-22-14-13-21-38(41)10-3/h8-9,13-32,34-35H,1,10-12,33H2,2-7H3/b37-9-. The van der Waals surface area contributed by atoms with Crippen molar-refractivity contribution in [1.29, 1.82) is 0 Å². The predicted octanol–water partition coefficient (Wildman–Crippen LogP) is 14.3. The predicted molar refractivity (Wildman–Crippen MR) is 234 cm³/mol. The highest BCUT2D eigenvalue weighted by Crippen LogP contribution is 2.47. The molecule has 2 heteroatoms. The number of benzene rings is 6. The van der Waals surface area contributed by atoms with Crippen LogP contribution in [0, 0.1) is 6.92 Å². The number of allylic oxidation sites excluding steroid dienone is 3. The Labute approximate surface area is 321 Å². The molecule has 0 aliphatic rings. The Hall–Kier alpha value is -5.60. The Morgan fingerprint density at radius 3 is 1.80 bits per heavy atom. The van der Waals surface area contributed by atoms with E-state index in [1.807, 2.05) is 0 Å². The molecule has 0 amide bonds. The van der Waals surface area contributed by atoms with Gasteiger partial charge in [0.25, 0.3) is 0 Å². The second kappa shape index (κ2) is 14.0. The molecule has 0 saturated heterocycles. The van der Waals surface area contributed by atoms with Crippen LogP contribution in [0.4, 0.5) is 0 Å². The quantitative estimate of drug-likeness (QED) is 0.119. The second-order valence-electron chi connectivity index (χ2n) is 15.3. The minimum Gasteiger partial charge on any atom is -0.330 e. The lowest BCUT2D eigenvalue weighted by Crippen LogP contribution is -2.36. The zero-order valence-corrected chi connectivity index (χ0v) is 32.8. The lowest BCUT2D eigenvalue weighted by atomic mass is 9.78. The summed E-state index contributed by atoms with van der Waals surface area (Å²) in [5.74, 6) is 0. The minimum absolute atomic E-state index is 0.325. The summed E-state index contributed by atoms with van der Waals surface area (Å²) in [5.41, 5.74) is 13.6. The molecule has 2 atom stereocenters. The molecule has 2 nitrogen and oxygen atoms in total. The first-order valence-corrected chi connectivity index (χ1v) is 19.8. The third-order valence-corrected chi connectivity index (χ3v) is 12.6. The van der Waals surface area contributed by atoms with Crippen LogP contribution in [-0.2, 0) is 17.5 Å². The molecule has 8 aromatic rings. The summed E-state index contributed by atoms with van der Waals surface area (Å²) in [6.07, 6.45) is 8.16. The van der Waals surface area contributed by atoms with Crippen LogP contribution in [0.1, 0.15) is 76.1 Å². The highest BCUT2D eigenvalue weighted by atomic mass is 15.1. The molecule has 2 unspecified atom stereocenters. The van der Waals surface area contributed by atoms with Gasteiger partial charge in [-0.05, 0) is 129 Å². The Morgan fingerprint density at radius 1 is 0.630 bits per heavy atom. The van der Waals surface area contributed by atoms with Crippen molar-refractivity contribution in [3.8, 4) is 11.1 Å². The number of aryl methyl sites for hydroxylation is 2. The second-order valence-corrected chi connectivity index (χ2v) is 15.3. The van der Waals surface area contributed by atoms with E-state index in [0.717, 1.165) is 25.7 Å². The first-order valence-electron chi connectivity index (χ1n) is 19.8. The highest BCUT2D eigenvalue weighted by molar-refractivity contribution is 6.10. The van der Waals surface area contributed by atoms with E-state index in [9.17, 15) is 0 Å². The lowest BCUT2D eigenvalue weighted by molar-refractivity contribution is 0.388. The molecular weight excluding hydrogens is 653 g/mol. The number of para-hydroxylation sites is 3. The number of hydrogen-bond donors (Lipinski definition) is 0. The van der Waals surface area contributed by atoms with Crippen LogP contribution in [0.2, 0.25) is 0 Å². The molecule has 0 bridgehead atoms. The van der Waals surface area contributed by atoms with Crippen LogP contribution in [0.5, 0.6) is 0 Å². The largest absolute Gasteiger partial charge is 0.330 e. The number of rotatable bonds is 11. The van der Waals surface area contributed by atoms with Gasteiger partial charge in [-0.1, -0.05) is 123 Å². The van der Waals surface area contributed by atoms with Crippen molar-refractivity contribution in [2.24, 2.45) is 0 Å². The van der Waals surface area contributed by atoms with E-state index in [0.29, 0.717) is 0 Å². The molecule has 6 aromatic carbocycles. The molecule has 270 valence electrons. The fraction of sp³-hybridized carbons (Fsp3) is 0.231. The molecule has 0 radical (unpaired) electrons. The fourth-order valence-electron chi connectivity index (χ4n) is 9.62. The third-order valence-electron chi connectivity index (χ3n) is 12.6. The zero-order chi connectivity index (χ0) is 37.6. The number of nitrogens with zero attached hydrogens (tertiary/aromatic N) is 2. The average molecular weight is 705 g/mol. The van der Waals surface area contributed by atoms with Crippen molar-refractivity contribution < 1.29 is 0 Å². The van der Waals surface area contributed by atoms with Crippen molar-refractivity contribution in [3.05, 3.63) is 180 Å². The van der Waals surface area contributed by atoms with Crippen LogP contribution < -0.4 is 0 Å². The van der Waals surface area contributed by atoms with Gasteiger partial charge in [-0.25, -0.2) is 0 Å². The summed E-state index contributed by atoms with van der Waals surface area (Å²) < 4.78 is 5.27. The van der Waals surface area contributed by atoms with Crippen LogP contribution in [-0.4, -0.2) is 9.13 Å². The van der Waals surface area contributed by atoms with E-state index in [1.165, 1.54) is 82.6 Å². The monoisotopic (exact) mass is 704 g/mol. The van der Waals surface area contributed by atoms with E-state index in [-0.39, 0.29) is 5.54 Å². The van der Waals surface area contributed by atoms with Gasteiger partial charge in [0.2, 0.25) is 0 Å². The summed E-state index contributed by atoms with van der Waals surface area (Å²) in [6, 6.07) is 50.3. The third kappa shape index (κ3) is 5.29. The first kappa shape index (κ1) is 35.4. The fourth-order valence-corrected chi connectivity index (χ4v) is 9.62. The molecule has 54 heavy (non-hydrogen) atoms. The Balaban J connectivity index is 1.42. The van der Waals surface area contributed by atoms with Gasteiger partial charge in [-0.3, -0.25) is 0 Å². The summed E-state index contributed by atoms with van der Waals surface area (Å²) in [7, 11) is 0. The summed E-state index contributed by atoms with van der Waals surface area (Å²) >= 11 is 0. The van der Waals surface area contributed by atoms with Gasteiger partial charge in [0.05, 0.1) is 22.1 Å². The molecule has 0 aliphatic heterocycles. The zero-order valence-electron chi connectivity index (χ0n) is 32.8. The molecule has 0 fully saturated rings. The molecule has 2 aromatic heterocycles. The maximum absolute atomic E-state index is 4.17. The topological polar surface area (TPSA) is 9.86 Å². The molecule has 2 heterocycles. The van der Waals surface area contributed by atoms with Crippen LogP contribution in [0.3, 0.4) is 0 Å². The van der Waals surface area contributed by atoms with Crippen LogP contribution >= 0.6 is 0 Å². The van der Waals surface area contributed by atoms with Gasteiger partial charge in [0, 0.05) is 32.6 Å². The van der Waals surface area contributed by atoms with E-state index >= 15 is 0 Å². The van der Waals surface area contributed by atoms with Gasteiger partial charge in [-0.15, -0.1) is 6.58 Å². The maximum Gasteiger partial charge on any atom is 0.0910 e. The Morgan fingerprint density at radius 2 is 1.19 bits per heavy atom. The van der Waals surface area contributed by atoms with Crippen molar-refractivity contribution >= 4 is 43.6 Å². The SMILES string of the molecule is C=CCCC(C)(c1ccc2c(c1)c1ccccc1n2C(CC)(/C(C)=C\C)c1ccc(C)c(-c2ccccc2CC)c1)n1c2ccccc2c2ccccc21. The molecule has 8 rings (SSSR count). The maximum atomic E-state index is 4.17. The van der Waals surface area contributed by atoms with E-state index in [1.54, 1.807) is 0 Å². The summed E-state index contributed by atoms with van der Waals surface area (Å²) in [6.45, 7) is 18.0. The average Bonchev–Trinajstić information content (AvgIpc) is 3.74. The van der Waals surface area contributed by atoms with Gasteiger partial charge in [0.1, 0.15) is 0 Å². The summed E-state index contributed by atoms with van der Waals surface area (Å²) in [5, 5.41) is 5.17. The minimum atomic E-state index is -0.403. The van der Waals surface area contributed by atoms with Gasteiger partial charge < -0.3 is 9.13 Å². The highest BCUT2D eigenvalue weighted by Gasteiger charge is 2.38. The van der Waals surface area contributed by atoms with Crippen molar-refractivity contribution in [2.75, 3.05) is 0 Å². The Kier molecular flexibility index (Phi) is 9.18. The van der Waals surface area contributed by atoms with Crippen molar-refractivity contribution in [3.63, 3.8) is 0 Å². The van der Waals surface area contributed by atoms with Crippen molar-refractivity contribution in [1.82, 2.24) is 9.13 Å². The van der Waals surface area contributed by atoms with Gasteiger partial charge in [0.15, 0.2) is 0 Å². The molecule has 0 spiro atoms. The van der Waals surface area contributed by atoms with Crippen LogP contribution in [0.15, 0.2) is 158 Å². The summed E-state index contributed by atoms with van der Waals surface area (Å²) in [4.78, 5) is 0. The van der Waals surface area contributed by atoms with E-state index < -0.39 is 5.54 Å². The van der Waals surface area contributed by atoms with E-state index in [4.69, 9.17) is 0 Å². The number of hydrogen-bond acceptors (Lipinski definition) is 0.